The van der Waals surface area contributed by atoms with E-state index in [1.807, 2.05) is 4.72 Å². The largest absolute Gasteiger partial charge is 0.506 e. The third kappa shape index (κ3) is 2.60. The molecule has 0 spiro atoms. The lowest BCUT2D eigenvalue weighted by Gasteiger charge is -2.08. The van der Waals surface area contributed by atoms with Gasteiger partial charge in [-0.05, 0) is 18.6 Å². The van der Waals surface area contributed by atoms with Crippen LogP contribution in [0.2, 0.25) is 0 Å². The van der Waals surface area contributed by atoms with E-state index in [2.05, 4.69) is 0 Å². The van der Waals surface area contributed by atoms with Crippen LogP contribution in [0, 0.1) is 6.92 Å². The van der Waals surface area contributed by atoms with Crippen LogP contribution in [0.15, 0.2) is 18.2 Å². The van der Waals surface area contributed by atoms with Crippen LogP contribution in [0.4, 0.5) is 5.69 Å². The molecule has 1 aromatic rings. The van der Waals surface area contributed by atoms with Crippen molar-refractivity contribution in [1.82, 2.24) is 0 Å². The van der Waals surface area contributed by atoms with Gasteiger partial charge in [-0.25, -0.2) is 5.14 Å². The second kappa shape index (κ2) is 3.23. The topological polar surface area (TPSA) is 92.4 Å². The lowest BCUT2D eigenvalue weighted by atomic mass is 10.2. The first-order chi connectivity index (χ1) is 5.90. The number of phenolic OH excluding ortho intramolecular Hbond substituents is 1. The van der Waals surface area contributed by atoms with Crippen molar-refractivity contribution >= 4 is 15.9 Å². The molecule has 0 saturated heterocycles. The van der Waals surface area contributed by atoms with E-state index in [1.54, 1.807) is 19.1 Å². The molecule has 0 aromatic heterocycles. The molecule has 0 saturated carbocycles. The highest BCUT2D eigenvalue weighted by atomic mass is 32.2. The molecule has 0 amide bonds. The Bertz CT molecular complexity index is 393. The highest BCUT2D eigenvalue weighted by Crippen LogP contribution is 2.26. The van der Waals surface area contributed by atoms with Crippen molar-refractivity contribution in [3.8, 4) is 5.75 Å². The Balaban J connectivity index is 3.15. The minimum Gasteiger partial charge on any atom is -0.506 e. The standard InChI is InChI=1S/C7H10N2O3S/c1-5-3-2-4-6(10)7(5)9-13(8,11)12/h2-4,9-10H,1H3,(H2,8,11,12). The third-order valence-electron chi connectivity index (χ3n) is 1.50. The van der Waals surface area contributed by atoms with Crippen LogP contribution in [0.1, 0.15) is 5.56 Å². The number of hydrogen-bond acceptors (Lipinski definition) is 3. The number of phenols is 1. The Kier molecular flexibility index (Phi) is 2.44. The van der Waals surface area contributed by atoms with Gasteiger partial charge < -0.3 is 5.11 Å². The van der Waals surface area contributed by atoms with Crippen molar-refractivity contribution in [3.05, 3.63) is 23.8 Å². The zero-order chi connectivity index (χ0) is 10.1. The van der Waals surface area contributed by atoms with Gasteiger partial charge in [0.1, 0.15) is 5.75 Å². The molecule has 1 aromatic carbocycles. The summed E-state index contributed by atoms with van der Waals surface area (Å²) in [6.07, 6.45) is 0. The summed E-state index contributed by atoms with van der Waals surface area (Å²) in [6.45, 7) is 1.66. The summed E-state index contributed by atoms with van der Waals surface area (Å²) < 4.78 is 23.3. The van der Waals surface area contributed by atoms with Crippen LogP contribution >= 0.6 is 0 Å². The highest BCUT2D eigenvalue weighted by Gasteiger charge is 2.08. The molecular formula is C7H10N2O3S. The number of benzene rings is 1. The number of rotatable bonds is 2. The Hall–Kier alpha value is -1.27. The van der Waals surface area contributed by atoms with Gasteiger partial charge in [0.2, 0.25) is 0 Å². The van der Waals surface area contributed by atoms with E-state index in [4.69, 9.17) is 5.14 Å². The maximum Gasteiger partial charge on any atom is 0.296 e. The van der Waals surface area contributed by atoms with Gasteiger partial charge >= 0.3 is 0 Å². The first-order valence-electron chi connectivity index (χ1n) is 3.49. The van der Waals surface area contributed by atoms with Crippen LogP contribution < -0.4 is 9.86 Å². The number of hydrogen-bond donors (Lipinski definition) is 3. The second-order valence-corrected chi connectivity index (χ2v) is 3.91. The van der Waals surface area contributed by atoms with Crippen LogP contribution in [0.5, 0.6) is 5.75 Å². The molecule has 0 bridgehead atoms. The minimum absolute atomic E-state index is 0.116. The van der Waals surface area contributed by atoms with Crippen LogP contribution in [0.3, 0.4) is 0 Å². The monoisotopic (exact) mass is 202 g/mol. The highest BCUT2D eigenvalue weighted by molar-refractivity contribution is 7.90. The van der Waals surface area contributed by atoms with Crippen molar-refractivity contribution in [2.24, 2.45) is 5.14 Å². The van der Waals surface area contributed by atoms with E-state index in [1.165, 1.54) is 6.07 Å². The van der Waals surface area contributed by atoms with Crippen LogP contribution in [-0.2, 0) is 10.2 Å². The summed E-state index contributed by atoms with van der Waals surface area (Å²) >= 11 is 0. The summed E-state index contributed by atoms with van der Waals surface area (Å²) in [6, 6.07) is 4.65. The second-order valence-electron chi connectivity index (χ2n) is 2.62. The maximum atomic E-state index is 10.7. The van der Waals surface area contributed by atoms with Gasteiger partial charge in [0, 0.05) is 0 Å². The Morgan fingerprint density at radius 2 is 2.08 bits per heavy atom. The van der Waals surface area contributed by atoms with E-state index < -0.39 is 10.2 Å². The van der Waals surface area contributed by atoms with Crippen LogP contribution in [0.25, 0.3) is 0 Å². The number of nitrogens with one attached hydrogen (secondary N) is 1. The average Bonchev–Trinajstić information content (AvgIpc) is 1.95. The molecule has 0 atom stereocenters. The van der Waals surface area contributed by atoms with Crippen molar-refractivity contribution in [2.75, 3.05) is 4.72 Å². The van der Waals surface area contributed by atoms with Gasteiger partial charge in [0.25, 0.3) is 10.2 Å². The summed E-state index contributed by atoms with van der Waals surface area (Å²) in [5, 5.41) is 14.0. The molecule has 0 fully saturated rings. The van der Waals surface area contributed by atoms with E-state index >= 15 is 0 Å². The number of nitrogens with two attached hydrogens (primary N) is 1. The predicted octanol–water partition coefficient (Wildman–Crippen LogP) is 0.316. The maximum absolute atomic E-state index is 10.7. The van der Waals surface area contributed by atoms with Gasteiger partial charge in [-0.1, -0.05) is 12.1 Å². The Labute approximate surface area is 76.4 Å². The summed E-state index contributed by atoms with van der Waals surface area (Å²) in [7, 11) is -3.83. The smallest absolute Gasteiger partial charge is 0.296 e. The summed E-state index contributed by atoms with van der Waals surface area (Å²) in [4.78, 5) is 0. The SMILES string of the molecule is Cc1cccc(O)c1NS(N)(=O)=O. The van der Waals surface area contributed by atoms with Gasteiger partial charge in [0.05, 0.1) is 5.69 Å². The zero-order valence-electron chi connectivity index (χ0n) is 6.98. The van der Waals surface area contributed by atoms with Crippen molar-refractivity contribution < 1.29 is 13.5 Å². The average molecular weight is 202 g/mol. The van der Waals surface area contributed by atoms with E-state index in [9.17, 15) is 13.5 Å². The van der Waals surface area contributed by atoms with Crippen molar-refractivity contribution in [3.63, 3.8) is 0 Å². The quantitative estimate of drug-likeness (QED) is 0.603. The summed E-state index contributed by atoms with van der Waals surface area (Å²) in [5.74, 6) is -0.144. The molecule has 0 unspecified atom stereocenters. The van der Waals surface area contributed by atoms with Crippen molar-refractivity contribution in [1.29, 1.82) is 0 Å². The molecule has 5 nitrogen and oxygen atoms in total. The van der Waals surface area contributed by atoms with Crippen molar-refractivity contribution in [2.45, 2.75) is 6.92 Å². The summed E-state index contributed by atoms with van der Waals surface area (Å²) in [5.41, 5.74) is 0.721. The van der Waals surface area contributed by atoms with Gasteiger partial charge in [0.15, 0.2) is 0 Å². The van der Waals surface area contributed by atoms with Crippen LogP contribution in [-0.4, -0.2) is 13.5 Å². The number of anilines is 1. The third-order valence-corrected chi connectivity index (χ3v) is 1.98. The lowest BCUT2D eigenvalue weighted by molar-refractivity contribution is 0.477. The Morgan fingerprint density at radius 1 is 1.46 bits per heavy atom. The first kappa shape index (κ1) is 9.82. The molecule has 0 aliphatic carbocycles. The zero-order valence-corrected chi connectivity index (χ0v) is 7.80. The number of aromatic hydroxyl groups is 1. The minimum atomic E-state index is -3.83. The first-order valence-corrected chi connectivity index (χ1v) is 5.04. The van der Waals surface area contributed by atoms with Gasteiger partial charge in [-0.3, -0.25) is 4.72 Å². The molecule has 1 rings (SSSR count). The molecule has 0 aliphatic rings. The normalized spacial score (nSPS) is 11.2. The molecule has 0 heterocycles. The lowest BCUT2D eigenvalue weighted by Crippen LogP contribution is -2.22. The Morgan fingerprint density at radius 3 is 2.54 bits per heavy atom. The molecule has 0 aliphatic heterocycles. The molecule has 72 valence electrons. The number of aryl methyl sites for hydroxylation is 1. The molecular weight excluding hydrogens is 192 g/mol. The van der Waals surface area contributed by atoms with Gasteiger partial charge in [-0.2, -0.15) is 8.42 Å². The van der Waals surface area contributed by atoms with E-state index in [0.29, 0.717) is 5.56 Å². The molecule has 6 heteroatoms. The molecule has 4 N–H and O–H groups in total. The predicted molar refractivity (Wildman–Crippen MR) is 49.6 cm³/mol. The fraction of sp³-hybridized carbons (Fsp3) is 0.143. The molecule has 13 heavy (non-hydrogen) atoms. The fourth-order valence-corrected chi connectivity index (χ4v) is 1.48. The van der Waals surface area contributed by atoms with E-state index in [0.717, 1.165) is 0 Å². The molecule has 0 radical (unpaired) electrons. The van der Waals surface area contributed by atoms with E-state index in [-0.39, 0.29) is 11.4 Å². The van der Waals surface area contributed by atoms with Gasteiger partial charge in [-0.15, -0.1) is 0 Å². The fourth-order valence-electron chi connectivity index (χ4n) is 0.927. The number of para-hydroxylation sites is 1.